The van der Waals surface area contributed by atoms with Gasteiger partial charge in [0.25, 0.3) is 0 Å². The highest BCUT2D eigenvalue weighted by Crippen LogP contribution is 2.68. The molecule has 144 valence electrons. The third-order valence-electron chi connectivity index (χ3n) is 7.29. The van der Waals surface area contributed by atoms with Crippen molar-refractivity contribution in [3.05, 3.63) is 0 Å². The zero-order valence-corrected chi connectivity index (χ0v) is 15.5. The van der Waals surface area contributed by atoms with Crippen molar-refractivity contribution >= 4 is 11.9 Å². The van der Waals surface area contributed by atoms with Crippen molar-refractivity contribution in [1.82, 2.24) is 0 Å². The van der Waals surface area contributed by atoms with Crippen LogP contribution in [-0.2, 0) is 19.1 Å². The summed E-state index contributed by atoms with van der Waals surface area (Å²) in [5, 5.41) is 8.97. The standard InChI is InChI=1S/C20H26O5.H2O/c1-4-7-24-20(23)15-11(5-6-14(21)22)12-8-13(15)17-16(12)18-9(2)10(3)19(17)25-18;/h9-13,15-19H,4,7-8H2,1-3H3,(H,21,22);1H2. The van der Waals surface area contributed by atoms with E-state index in [-0.39, 0.29) is 47.3 Å². The van der Waals surface area contributed by atoms with E-state index in [1.807, 2.05) is 6.92 Å². The summed E-state index contributed by atoms with van der Waals surface area (Å²) in [4.78, 5) is 23.7. The minimum absolute atomic E-state index is 0. The van der Waals surface area contributed by atoms with Crippen LogP contribution in [0.1, 0.15) is 33.6 Å². The SMILES string of the molecule is CCCOC(=O)C1C(C#CC(=O)O)C2CC1C1C3OC(C(C)C3C)C21.O. The number of fused-ring (bicyclic) bond motifs is 9. The zero-order chi connectivity index (χ0) is 17.9. The average Bonchev–Trinajstić information content (AvgIpc) is 3.29. The first kappa shape index (κ1) is 19.2. The number of rotatable bonds is 3. The van der Waals surface area contributed by atoms with Gasteiger partial charge in [0.15, 0.2) is 0 Å². The molecule has 0 aromatic heterocycles. The lowest BCUT2D eigenvalue weighted by Gasteiger charge is -2.42. The molecule has 2 aliphatic carbocycles. The Kier molecular flexibility index (Phi) is 5.06. The maximum atomic E-state index is 12.7. The van der Waals surface area contributed by atoms with Crippen LogP contribution in [0.15, 0.2) is 0 Å². The van der Waals surface area contributed by atoms with Crippen molar-refractivity contribution in [3.8, 4) is 11.8 Å². The van der Waals surface area contributed by atoms with Crippen LogP contribution in [0.3, 0.4) is 0 Å². The summed E-state index contributed by atoms with van der Waals surface area (Å²) in [6.07, 6.45) is 2.21. The van der Waals surface area contributed by atoms with E-state index in [0.717, 1.165) is 12.8 Å². The Labute approximate surface area is 153 Å². The summed E-state index contributed by atoms with van der Waals surface area (Å²) in [6.45, 7) is 6.89. The van der Waals surface area contributed by atoms with Gasteiger partial charge in [0.05, 0.1) is 24.7 Å². The lowest BCUT2D eigenvalue weighted by Crippen LogP contribution is -2.47. The van der Waals surface area contributed by atoms with Gasteiger partial charge in [-0.2, -0.15) is 0 Å². The van der Waals surface area contributed by atoms with Gasteiger partial charge in [0.2, 0.25) is 0 Å². The molecule has 2 aliphatic heterocycles. The van der Waals surface area contributed by atoms with Gasteiger partial charge in [0.1, 0.15) is 0 Å². The molecule has 2 saturated carbocycles. The number of ether oxygens (including phenoxy) is 2. The Morgan fingerprint density at radius 2 is 1.77 bits per heavy atom. The summed E-state index contributed by atoms with van der Waals surface area (Å²) in [5.74, 6) is 5.69. The van der Waals surface area contributed by atoms with E-state index >= 15 is 0 Å². The molecular formula is C20H28O6. The van der Waals surface area contributed by atoms with Crippen LogP contribution in [0, 0.1) is 59.2 Å². The van der Waals surface area contributed by atoms with Gasteiger partial charge >= 0.3 is 11.9 Å². The number of esters is 1. The highest BCUT2D eigenvalue weighted by atomic mass is 16.5. The number of carboxylic acid groups (broad SMARTS) is 1. The van der Waals surface area contributed by atoms with E-state index in [9.17, 15) is 9.59 Å². The molecule has 0 radical (unpaired) electrons. The number of hydrogen-bond acceptors (Lipinski definition) is 4. The summed E-state index contributed by atoms with van der Waals surface area (Å²) < 4.78 is 11.8. The average molecular weight is 364 g/mol. The Balaban J connectivity index is 0.00000196. The number of carbonyl (C=O) groups excluding carboxylic acids is 1. The van der Waals surface area contributed by atoms with Gasteiger partial charge in [0, 0.05) is 11.8 Å². The Bertz CT molecular complexity index is 648. The van der Waals surface area contributed by atoms with Gasteiger partial charge in [-0.05, 0) is 48.3 Å². The van der Waals surface area contributed by atoms with E-state index < -0.39 is 5.97 Å². The fourth-order valence-corrected chi connectivity index (χ4v) is 6.30. The maximum Gasteiger partial charge on any atom is 0.381 e. The first-order valence-corrected chi connectivity index (χ1v) is 9.52. The predicted molar refractivity (Wildman–Crippen MR) is 92.8 cm³/mol. The zero-order valence-electron chi connectivity index (χ0n) is 15.5. The number of carbonyl (C=O) groups is 2. The predicted octanol–water partition coefficient (Wildman–Crippen LogP) is 1.37. The fourth-order valence-electron chi connectivity index (χ4n) is 6.30. The Morgan fingerprint density at radius 1 is 1.15 bits per heavy atom. The largest absolute Gasteiger partial charge is 0.472 e. The molecule has 26 heavy (non-hydrogen) atoms. The van der Waals surface area contributed by atoms with Crippen LogP contribution in [-0.4, -0.2) is 41.3 Å². The Hall–Kier alpha value is -1.58. The van der Waals surface area contributed by atoms with Crippen LogP contribution in [0.2, 0.25) is 0 Å². The molecule has 3 N–H and O–H groups in total. The van der Waals surface area contributed by atoms with Gasteiger partial charge < -0.3 is 20.1 Å². The molecule has 4 fully saturated rings. The molecule has 2 heterocycles. The molecular weight excluding hydrogens is 336 g/mol. The maximum absolute atomic E-state index is 12.7. The van der Waals surface area contributed by atoms with Crippen molar-refractivity contribution < 1.29 is 29.6 Å². The molecule has 4 aliphatic rings. The molecule has 10 atom stereocenters. The summed E-state index contributed by atoms with van der Waals surface area (Å²) in [6, 6.07) is 0. The minimum atomic E-state index is -1.13. The summed E-state index contributed by atoms with van der Waals surface area (Å²) in [5.41, 5.74) is 0. The van der Waals surface area contributed by atoms with E-state index in [2.05, 4.69) is 25.7 Å². The van der Waals surface area contributed by atoms with Crippen LogP contribution < -0.4 is 0 Å². The van der Waals surface area contributed by atoms with E-state index in [1.54, 1.807) is 0 Å². The van der Waals surface area contributed by atoms with Crippen molar-refractivity contribution in [3.63, 3.8) is 0 Å². The first-order valence-electron chi connectivity index (χ1n) is 9.52. The normalized spacial score (nSPS) is 46.9. The van der Waals surface area contributed by atoms with Crippen molar-refractivity contribution in [2.45, 2.75) is 45.8 Å². The Morgan fingerprint density at radius 3 is 2.35 bits per heavy atom. The third kappa shape index (κ3) is 2.56. The molecule has 0 aromatic rings. The second-order valence-electron chi connectivity index (χ2n) is 8.30. The van der Waals surface area contributed by atoms with Crippen molar-refractivity contribution in [2.75, 3.05) is 6.61 Å². The lowest BCUT2D eigenvalue weighted by atomic mass is 9.59. The lowest BCUT2D eigenvalue weighted by molar-refractivity contribution is -0.153. The van der Waals surface area contributed by atoms with E-state index in [1.165, 1.54) is 0 Å². The molecule has 6 heteroatoms. The highest BCUT2D eigenvalue weighted by molar-refractivity contribution is 5.86. The molecule has 10 unspecified atom stereocenters. The van der Waals surface area contributed by atoms with Gasteiger partial charge in [-0.1, -0.05) is 26.7 Å². The first-order chi connectivity index (χ1) is 12.0. The number of carboxylic acids is 1. The van der Waals surface area contributed by atoms with Crippen LogP contribution in [0.5, 0.6) is 0 Å². The van der Waals surface area contributed by atoms with E-state index in [4.69, 9.17) is 14.6 Å². The molecule has 0 spiro atoms. The smallest absolute Gasteiger partial charge is 0.381 e. The molecule has 6 nitrogen and oxygen atoms in total. The van der Waals surface area contributed by atoms with Gasteiger partial charge in [-0.15, -0.1) is 0 Å². The fraction of sp³-hybridized carbons (Fsp3) is 0.800. The van der Waals surface area contributed by atoms with Crippen molar-refractivity contribution in [2.24, 2.45) is 47.3 Å². The monoisotopic (exact) mass is 364 g/mol. The van der Waals surface area contributed by atoms with Crippen molar-refractivity contribution in [1.29, 1.82) is 0 Å². The molecule has 4 bridgehead atoms. The van der Waals surface area contributed by atoms with Crippen LogP contribution in [0.4, 0.5) is 0 Å². The van der Waals surface area contributed by atoms with Crippen LogP contribution >= 0.6 is 0 Å². The van der Waals surface area contributed by atoms with Gasteiger partial charge in [-0.3, -0.25) is 4.79 Å². The highest BCUT2D eigenvalue weighted by Gasteiger charge is 2.70. The third-order valence-corrected chi connectivity index (χ3v) is 7.29. The molecule has 0 amide bonds. The summed E-state index contributed by atoms with van der Waals surface area (Å²) >= 11 is 0. The second kappa shape index (κ2) is 6.86. The van der Waals surface area contributed by atoms with Crippen LogP contribution in [0.25, 0.3) is 0 Å². The molecule has 4 rings (SSSR count). The second-order valence-corrected chi connectivity index (χ2v) is 8.30. The molecule has 2 saturated heterocycles. The minimum Gasteiger partial charge on any atom is -0.472 e. The quantitative estimate of drug-likeness (QED) is 0.602. The molecule has 0 aromatic carbocycles. The number of hydrogen-bond donors (Lipinski definition) is 1. The van der Waals surface area contributed by atoms with E-state index in [0.29, 0.717) is 30.3 Å². The summed E-state index contributed by atoms with van der Waals surface area (Å²) in [7, 11) is 0. The van der Waals surface area contributed by atoms with Gasteiger partial charge in [-0.25, -0.2) is 4.79 Å². The number of aliphatic carboxylic acids is 1. The topological polar surface area (TPSA) is 104 Å².